The van der Waals surface area contributed by atoms with Gasteiger partial charge >= 0.3 is 0 Å². The number of halogens is 2. The minimum Gasteiger partial charge on any atom is -0.342 e. The number of nitrogens with zero attached hydrogens (tertiary/aromatic N) is 1. The lowest BCUT2D eigenvalue weighted by Crippen LogP contribution is -2.04. The molecular weight excluding hydrogens is 246 g/mol. The van der Waals surface area contributed by atoms with Gasteiger partial charge in [-0.3, -0.25) is 0 Å². The Balaban J connectivity index is 1.93. The van der Waals surface area contributed by atoms with E-state index >= 15 is 0 Å². The largest absolute Gasteiger partial charge is 0.342 e. The molecule has 2 aromatic rings. The summed E-state index contributed by atoms with van der Waals surface area (Å²) in [6, 6.07) is 2.21. The van der Waals surface area contributed by atoms with E-state index in [1.807, 2.05) is 0 Å². The average Bonchev–Trinajstić information content (AvgIpc) is 2.72. The van der Waals surface area contributed by atoms with Gasteiger partial charge in [0.15, 0.2) is 5.82 Å². The van der Waals surface area contributed by atoms with Gasteiger partial charge in [-0.1, -0.05) is 32.1 Å². The first-order valence-corrected chi connectivity index (χ1v) is 7.09. The lowest BCUT2D eigenvalue weighted by atomic mass is 9.91. The number of imidazole rings is 1. The third-order valence-corrected chi connectivity index (χ3v) is 4.02. The van der Waals surface area contributed by atoms with Crippen LogP contribution >= 0.6 is 0 Å². The van der Waals surface area contributed by atoms with Crippen molar-refractivity contribution in [1.82, 2.24) is 9.97 Å². The van der Waals surface area contributed by atoms with E-state index in [0.29, 0.717) is 11.4 Å². The number of rotatable bonds is 1. The summed E-state index contributed by atoms with van der Waals surface area (Å²) in [6.07, 6.45) is 8.40. The van der Waals surface area contributed by atoms with Crippen LogP contribution in [0.4, 0.5) is 8.78 Å². The zero-order chi connectivity index (χ0) is 13.2. The molecule has 1 fully saturated rings. The molecule has 0 unspecified atom stereocenters. The molecule has 0 aliphatic heterocycles. The second kappa shape index (κ2) is 5.27. The fourth-order valence-corrected chi connectivity index (χ4v) is 2.98. The van der Waals surface area contributed by atoms with Gasteiger partial charge in [0.2, 0.25) is 0 Å². The van der Waals surface area contributed by atoms with Crippen LogP contribution in [0.1, 0.15) is 56.7 Å². The normalized spacial score (nSPS) is 18.4. The van der Waals surface area contributed by atoms with Gasteiger partial charge in [-0.25, -0.2) is 13.8 Å². The highest BCUT2D eigenvalue weighted by atomic mass is 19.1. The zero-order valence-corrected chi connectivity index (χ0v) is 10.9. The number of H-pyrrole nitrogens is 1. The van der Waals surface area contributed by atoms with Gasteiger partial charge in [-0.05, 0) is 18.9 Å². The van der Waals surface area contributed by atoms with E-state index in [1.54, 1.807) is 0 Å². The van der Waals surface area contributed by atoms with Crippen LogP contribution in [0.3, 0.4) is 0 Å². The first-order valence-electron chi connectivity index (χ1n) is 7.09. The molecule has 1 aromatic carbocycles. The van der Waals surface area contributed by atoms with Gasteiger partial charge in [0.25, 0.3) is 0 Å². The second-order valence-corrected chi connectivity index (χ2v) is 5.45. The Hall–Kier alpha value is -1.45. The molecule has 4 heteroatoms. The highest BCUT2D eigenvalue weighted by Gasteiger charge is 2.18. The SMILES string of the molecule is Fc1cc(F)c2nc(C3CCCCCCC3)[nH]c2c1. The molecule has 102 valence electrons. The lowest BCUT2D eigenvalue weighted by molar-refractivity contribution is 0.445. The fraction of sp³-hybridized carbons (Fsp3) is 0.533. The summed E-state index contributed by atoms with van der Waals surface area (Å²) in [4.78, 5) is 7.46. The summed E-state index contributed by atoms with van der Waals surface area (Å²) in [5.74, 6) is 0.0396. The monoisotopic (exact) mass is 264 g/mol. The lowest BCUT2D eigenvalue weighted by Gasteiger charge is -2.17. The van der Waals surface area contributed by atoms with Crippen molar-refractivity contribution in [3.05, 3.63) is 29.6 Å². The van der Waals surface area contributed by atoms with E-state index in [-0.39, 0.29) is 5.52 Å². The first-order chi connectivity index (χ1) is 9.24. The van der Waals surface area contributed by atoms with E-state index in [9.17, 15) is 8.78 Å². The first kappa shape index (κ1) is 12.6. The maximum Gasteiger partial charge on any atom is 0.153 e. The Bertz CT molecular complexity index is 569. The van der Waals surface area contributed by atoms with Crippen LogP contribution in [0.15, 0.2) is 12.1 Å². The molecule has 1 saturated carbocycles. The predicted octanol–water partition coefficient (Wildman–Crippen LogP) is 4.67. The quantitative estimate of drug-likeness (QED) is 0.796. The molecule has 0 bridgehead atoms. The smallest absolute Gasteiger partial charge is 0.153 e. The van der Waals surface area contributed by atoms with Crippen molar-refractivity contribution in [2.75, 3.05) is 0 Å². The Morgan fingerprint density at radius 2 is 1.68 bits per heavy atom. The van der Waals surface area contributed by atoms with E-state index in [0.717, 1.165) is 24.7 Å². The molecule has 1 aromatic heterocycles. The van der Waals surface area contributed by atoms with Crippen molar-refractivity contribution in [3.8, 4) is 0 Å². The predicted molar refractivity (Wildman–Crippen MR) is 71.1 cm³/mol. The Morgan fingerprint density at radius 3 is 2.42 bits per heavy atom. The number of benzene rings is 1. The van der Waals surface area contributed by atoms with Crippen molar-refractivity contribution in [2.45, 2.75) is 50.9 Å². The number of hydrogen-bond donors (Lipinski definition) is 1. The van der Waals surface area contributed by atoms with Crippen LogP contribution in [0, 0.1) is 11.6 Å². The van der Waals surface area contributed by atoms with Crippen molar-refractivity contribution in [3.63, 3.8) is 0 Å². The maximum atomic E-state index is 13.7. The molecule has 0 saturated heterocycles. The molecule has 0 radical (unpaired) electrons. The fourth-order valence-electron chi connectivity index (χ4n) is 2.98. The maximum absolute atomic E-state index is 13.7. The molecule has 0 spiro atoms. The van der Waals surface area contributed by atoms with Crippen LogP contribution in [-0.4, -0.2) is 9.97 Å². The van der Waals surface area contributed by atoms with Crippen molar-refractivity contribution < 1.29 is 8.78 Å². The molecular formula is C15H18F2N2. The van der Waals surface area contributed by atoms with Gasteiger partial charge < -0.3 is 4.98 Å². The highest BCUT2D eigenvalue weighted by molar-refractivity contribution is 5.75. The molecule has 1 heterocycles. The van der Waals surface area contributed by atoms with Crippen molar-refractivity contribution >= 4 is 11.0 Å². The third-order valence-electron chi connectivity index (χ3n) is 4.02. The van der Waals surface area contributed by atoms with Gasteiger partial charge in [-0.15, -0.1) is 0 Å². The standard InChI is InChI=1S/C15H18F2N2/c16-11-8-12(17)14-13(9-11)18-15(19-14)10-6-4-2-1-3-5-7-10/h8-10H,1-7H2,(H,18,19). The number of nitrogens with one attached hydrogen (secondary N) is 1. The topological polar surface area (TPSA) is 28.7 Å². The van der Waals surface area contributed by atoms with E-state index in [4.69, 9.17) is 0 Å². The number of aromatic nitrogens is 2. The van der Waals surface area contributed by atoms with E-state index in [2.05, 4.69) is 9.97 Å². The molecule has 3 rings (SSSR count). The summed E-state index contributed by atoms with van der Waals surface area (Å²) in [6.45, 7) is 0. The van der Waals surface area contributed by atoms with Gasteiger partial charge in [-0.2, -0.15) is 0 Å². The highest BCUT2D eigenvalue weighted by Crippen LogP contribution is 2.31. The molecule has 0 amide bonds. The summed E-state index contributed by atoms with van der Waals surface area (Å²) in [5.41, 5.74) is 0.730. The molecule has 19 heavy (non-hydrogen) atoms. The summed E-state index contributed by atoms with van der Waals surface area (Å²) < 4.78 is 26.8. The molecule has 0 atom stereocenters. The van der Waals surface area contributed by atoms with Gasteiger partial charge in [0.1, 0.15) is 17.2 Å². The Labute approximate surface area is 111 Å². The molecule has 1 N–H and O–H groups in total. The summed E-state index contributed by atoms with van der Waals surface area (Å²) in [5, 5.41) is 0. The van der Waals surface area contributed by atoms with Crippen LogP contribution in [0.2, 0.25) is 0 Å². The third kappa shape index (κ3) is 2.62. The zero-order valence-electron chi connectivity index (χ0n) is 10.9. The number of aromatic amines is 1. The van der Waals surface area contributed by atoms with Gasteiger partial charge in [0, 0.05) is 12.0 Å². The van der Waals surface area contributed by atoms with Crippen LogP contribution < -0.4 is 0 Å². The van der Waals surface area contributed by atoms with E-state index in [1.165, 1.54) is 38.2 Å². The summed E-state index contributed by atoms with van der Waals surface area (Å²) >= 11 is 0. The minimum absolute atomic E-state index is 0.262. The Morgan fingerprint density at radius 1 is 1.00 bits per heavy atom. The second-order valence-electron chi connectivity index (χ2n) is 5.45. The molecule has 1 aliphatic carbocycles. The minimum atomic E-state index is -0.580. The number of hydrogen-bond acceptors (Lipinski definition) is 1. The Kier molecular flexibility index (Phi) is 3.49. The molecule has 2 nitrogen and oxygen atoms in total. The van der Waals surface area contributed by atoms with Crippen LogP contribution in [-0.2, 0) is 0 Å². The average molecular weight is 264 g/mol. The van der Waals surface area contributed by atoms with Crippen LogP contribution in [0.25, 0.3) is 11.0 Å². The number of fused-ring (bicyclic) bond motifs is 1. The molecule has 1 aliphatic rings. The van der Waals surface area contributed by atoms with Gasteiger partial charge in [0.05, 0.1) is 5.52 Å². The van der Waals surface area contributed by atoms with Crippen molar-refractivity contribution in [1.29, 1.82) is 0 Å². The summed E-state index contributed by atoms with van der Waals surface area (Å²) in [7, 11) is 0. The van der Waals surface area contributed by atoms with Crippen molar-refractivity contribution in [2.24, 2.45) is 0 Å². The van der Waals surface area contributed by atoms with Crippen LogP contribution in [0.5, 0.6) is 0 Å². The van der Waals surface area contributed by atoms with E-state index < -0.39 is 11.6 Å².